The third-order valence-electron chi connectivity index (χ3n) is 2.98. The maximum Gasteiger partial charge on any atom is 0.328 e. The van der Waals surface area contributed by atoms with E-state index in [1.54, 1.807) is 6.07 Å². The molecule has 19 heavy (non-hydrogen) atoms. The van der Waals surface area contributed by atoms with Crippen molar-refractivity contribution >= 4 is 12.0 Å². The van der Waals surface area contributed by atoms with E-state index in [4.69, 9.17) is 9.84 Å². The first-order valence-electron chi connectivity index (χ1n) is 6.17. The summed E-state index contributed by atoms with van der Waals surface area (Å²) in [6.45, 7) is 6.29. The van der Waals surface area contributed by atoms with Crippen LogP contribution in [0.25, 0.3) is 6.08 Å². The van der Waals surface area contributed by atoms with Crippen LogP contribution in [0.15, 0.2) is 24.3 Å². The van der Waals surface area contributed by atoms with Crippen molar-refractivity contribution in [3.8, 4) is 0 Å². The van der Waals surface area contributed by atoms with E-state index in [1.165, 1.54) is 18.2 Å². The Bertz CT molecular complexity index is 478. The average molecular weight is 266 g/mol. The first-order valence-corrected chi connectivity index (χ1v) is 6.17. The summed E-state index contributed by atoms with van der Waals surface area (Å²) in [6, 6.07) is 4.26. The Labute approximate surface area is 112 Å². The van der Waals surface area contributed by atoms with Crippen molar-refractivity contribution < 1.29 is 19.0 Å². The minimum absolute atomic E-state index is 0.262. The summed E-state index contributed by atoms with van der Waals surface area (Å²) in [4.78, 5) is 10.5. The number of carbonyl (C=O) groups is 1. The number of carboxylic acid groups (broad SMARTS) is 1. The van der Waals surface area contributed by atoms with E-state index in [2.05, 4.69) is 0 Å². The zero-order valence-corrected chi connectivity index (χ0v) is 11.4. The van der Waals surface area contributed by atoms with Gasteiger partial charge >= 0.3 is 5.97 Å². The molecule has 1 aromatic carbocycles. The van der Waals surface area contributed by atoms with Crippen LogP contribution < -0.4 is 0 Å². The van der Waals surface area contributed by atoms with E-state index in [-0.39, 0.29) is 5.60 Å². The summed E-state index contributed by atoms with van der Waals surface area (Å²) in [5, 5.41) is 8.62. The predicted octanol–water partition coefficient (Wildman–Crippen LogP) is 3.63. The number of carboxylic acids is 1. The molecule has 104 valence electrons. The lowest BCUT2D eigenvalue weighted by Gasteiger charge is -2.24. The van der Waals surface area contributed by atoms with Crippen molar-refractivity contribution in [1.82, 2.24) is 0 Å². The fraction of sp³-hybridized carbons (Fsp3) is 0.400. The fourth-order valence-corrected chi connectivity index (χ4v) is 1.39. The average Bonchev–Trinajstić information content (AvgIpc) is 2.35. The van der Waals surface area contributed by atoms with E-state index in [0.29, 0.717) is 12.2 Å². The van der Waals surface area contributed by atoms with Crippen LogP contribution in [0, 0.1) is 5.82 Å². The number of hydrogen-bond donors (Lipinski definition) is 1. The van der Waals surface area contributed by atoms with Crippen LogP contribution >= 0.6 is 0 Å². The summed E-state index contributed by atoms with van der Waals surface area (Å²) in [6.07, 6.45) is 3.22. The molecule has 1 aromatic rings. The van der Waals surface area contributed by atoms with E-state index in [9.17, 15) is 9.18 Å². The van der Waals surface area contributed by atoms with Crippen LogP contribution in [0.1, 0.15) is 38.3 Å². The lowest BCUT2D eigenvalue weighted by Crippen LogP contribution is -2.22. The van der Waals surface area contributed by atoms with Gasteiger partial charge in [-0.25, -0.2) is 9.18 Å². The van der Waals surface area contributed by atoms with Gasteiger partial charge in [-0.15, -0.1) is 0 Å². The lowest BCUT2D eigenvalue weighted by molar-refractivity contribution is -0.131. The quantitative estimate of drug-likeness (QED) is 0.800. The van der Waals surface area contributed by atoms with Gasteiger partial charge in [0.15, 0.2) is 0 Å². The van der Waals surface area contributed by atoms with Crippen LogP contribution in [0.2, 0.25) is 0 Å². The standard InChI is InChI=1S/C15H19FO3/c1-4-15(2,3)19-10-12-5-7-13(16)9-11(12)6-8-14(17)18/h5-9H,4,10H2,1-3H3,(H,17,18). The van der Waals surface area contributed by atoms with Crippen molar-refractivity contribution in [2.75, 3.05) is 0 Å². The van der Waals surface area contributed by atoms with Crippen molar-refractivity contribution in [2.24, 2.45) is 0 Å². The summed E-state index contributed by atoms with van der Waals surface area (Å²) in [5.41, 5.74) is 1.03. The molecule has 0 saturated heterocycles. The van der Waals surface area contributed by atoms with Gasteiger partial charge in [-0.2, -0.15) is 0 Å². The number of rotatable bonds is 6. The number of hydrogen-bond acceptors (Lipinski definition) is 2. The molecule has 0 radical (unpaired) electrons. The van der Waals surface area contributed by atoms with Gasteiger partial charge in [-0.1, -0.05) is 13.0 Å². The van der Waals surface area contributed by atoms with E-state index < -0.39 is 11.8 Å². The molecule has 3 nitrogen and oxygen atoms in total. The molecule has 1 N–H and O–H groups in total. The Morgan fingerprint density at radius 3 is 2.74 bits per heavy atom. The molecule has 0 atom stereocenters. The van der Waals surface area contributed by atoms with Gasteiger partial charge in [0.05, 0.1) is 12.2 Å². The largest absolute Gasteiger partial charge is 0.478 e. The molecule has 4 heteroatoms. The summed E-state index contributed by atoms with van der Waals surface area (Å²) in [5.74, 6) is -1.46. The zero-order chi connectivity index (χ0) is 14.5. The predicted molar refractivity (Wildman–Crippen MR) is 72.2 cm³/mol. The Balaban J connectivity index is 2.91. The van der Waals surface area contributed by atoms with Crippen LogP contribution in [-0.4, -0.2) is 16.7 Å². The van der Waals surface area contributed by atoms with Crippen molar-refractivity contribution in [3.63, 3.8) is 0 Å². The molecule has 0 bridgehead atoms. The molecular formula is C15H19FO3. The second kappa shape index (κ2) is 6.48. The molecule has 0 saturated carbocycles. The van der Waals surface area contributed by atoms with E-state index in [0.717, 1.165) is 18.1 Å². The maximum absolute atomic E-state index is 13.2. The molecule has 0 unspecified atom stereocenters. The van der Waals surface area contributed by atoms with Crippen LogP contribution in [-0.2, 0) is 16.1 Å². The van der Waals surface area contributed by atoms with E-state index in [1.807, 2.05) is 20.8 Å². The molecular weight excluding hydrogens is 247 g/mol. The first kappa shape index (κ1) is 15.4. The Morgan fingerprint density at radius 2 is 2.16 bits per heavy atom. The highest BCUT2D eigenvalue weighted by Gasteiger charge is 2.16. The van der Waals surface area contributed by atoms with Crippen molar-refractivity contribution in [2.45, 2.75) is 39.4 Å². The van der Waals surface area contributed by atoms with Crippen LogP contribution in [0.3, 0.4) is 0 Å². The van der Waals surface area contributed by atoms with Crippen LogP contribution in [0.5, 0.6) is 0 Å². The monoisotopic (exact) mass is 266 g/mol. The molecule has 0 aromatic heterocycles. The Morgan fingerprint density at radius 1 is 1.47 bits per heavy atom. The normalized spacial score (nSPS) is 12.0. The molecule has 0 fully saturated rings. The third kappa shape index (κ3) is 5.22. The molecule has 0 heterocycles. The topological polar surface area (TPSA) is 46.5 Å². The molecule has 0 spiro atoms. The van der Waals surface area contributed by atoms with Gasteiger partial charge in [0.1, 0.15) is 5.82 Å². The summed E-state index contributed by atoms with van der Waals surface area (Å²) in [7, 11) is 0. The third-order valence-corrected chi connectivity index (χ3v) is 2.98. The number of halogens is 1. The zero-order valence-electron chi connectivity index (χ0n) is 11.4. The number of ether oxygens (including phenoxy) is 1. The Kier molecular flexibility index (Phi) is 5.24. The minimum Gasteiger partial charge on any atom is -0.478 e. The van der Waals surface area contributed by atoms with Crippen molar-refractivity contribution in [1.29, 1.82) is 0 Å². The second-order valence-corrected chi connectivity index (χ2v) is 4.92. The number of benzene rings is 1. The minimum atomic E-state index is -1.06. The highest BCUT2D eigenvalue weighted by Crippen LogP contribution is 2.20. The summed E-state index contributed by atoms with van der Waals surface area (Å²) < 4.78 is 18.9. The maximum atomic E-state index is 13.2. The lowest BCUT2D eigenvalue weighted by atomic mass is 10.0. The SMILES string of the molecule is CCC(C)(C)OCc1ccc(F)cc1C=CC(=O)O. The summed E-state index contributed by atoms with van der Waals surface area (Å²) >= 11 is 0. The first-order chi connectivity index (χ1) is 8.84. The van der Waals surface area contributed by atoms with Gasteiger partial charge in [0.25, 0.3) is 0 Å². The molecule has 0 amide bonds. The van der Waals surface area contributed by atoms with Crippen molar-refractivity contribution in [3.05, 3.63) is 41.2 Å². The molecule has 0 aliphatic rings. The van der Waals surface area contributed by atoms with Gasteiger partial charge in [-0.3, -0.25) is 0 Å². The van der Waals surface area contributed by atoms with E-state index >= 15 is 0 Å². The van der Waals surface area contributed by atoms with Gasteiger partial charge < -0.3 is 9.84 Å². The molecule has 1 rings (SSSR count). The highest BCUT2D eigenvalue weighted by atomic mass is 19.1. The molecule has 0 aliphatic carbocycles. The fourth-order valence-electron chi connectivity index (χ4n) is 1.39. The van der Waals surface area contributed by atoms with Gasteiger partial charge in [-0.05, 0) is 49.6 Å². The highest BCUT2D eigenvalue weighted by molar-refractivity contribution is 5.85. The second-order valence-electron chi connectivity index (χ2n) is 4.92. The Hall–Kier alpha value is -1.68. The van der Waals surface area contributed by atoms with Crippen LogP contribution in [0.4, 0.5) is 4.39 Å². The smallest absolute Gasteiger partial charge is 0.328 e. The van der Waals surface area contributed by atoms with Gasteiger partial charge in [0, 0.05) is 6.08 Å². The van der Waals surface area contributed by atoms with Gasteiger partial charge in [0.2, 0.25) is 0 Å². The number of aliphatic carboxylic acids is 1. The molecule has 0 aliphatic heterocycles.